The number of ether oxygens (including phenoxy) is 1. The number of anilines is 1. The second-order valence-electron chi connectivity index (χ2n) is 6.17. The van der Waals surface area contributed by atoms with Crippen molar-refractivity contribution in [2.45, 2.75) is 13.0 Å². The van der Waals surface area contributed by atoms with E-state index in [0.717, 1.165) is 17.7 Å². The van der Waals surface area contributed by atoms with Crippen molar-refractivity contribution in [3.63, 3.8) is 0 Å². The standard InChI is InChI=1S/C21H18ClFN4O3/c22-17-12-15(23)3-4-16(17)21(29)26-11-7-19(28)27-20-18(2-1-8-25-20)30-13-14-5-9-24-10-6-14/h1-6,8-10,12H,7,11,13H2,(H,26,29)(H,25,27,28). The number of amides is 2. The van der Waals surface area contributed by atoms with Gasteiger partial charge in [0.15, 0.2) is 11.6 Å². The number of hydrogen-bond acceptors (Lipinski definition) is 5. The van der Waals surface area contributed by atoms with Gasteiger partial charge in [-0.05, 0) is 48.0 Å². The zero-order valence-electron chi connectivity index (χ0n) is 15.8. The third-order valence-electron chi connectivity index (χ3n) is 3.99. The highest BCUT2D eigenvalue weighted by Crippen LogP contribution is 2.22. The van der Waals surface area contributed by atoms with Crippen LogP contribution in [0.5, 0.6) is 5.75 Å². The molecule has 154 valence electrons. The molecular formula is C21H18ClFN4O3. The second-order valence-corrected chi connectivity index (χ2v) is 6.58. The lowest BCUT2D eigenvalue weighted by molar-refractivity contribution is -0.116. The summed E-state index contributed by atoms with van der Waals surface area (Å²) in [6.45, 7) is 0.365. The molecule has 1 aromatic carbocycles. The number of carbonyl (C=O) groups excluding carboxylic acids is 2. The Morgan fingerprint density at radius 3 is 2.67 bits per heavy atom. The minimum absolute atomic E-state index is 0.00132. The van der Waals surface area contributed by atoms with Crippen LogP contribution in [0.4, 0.5) is 10.2 Å². The number of halogens is 2. The van der Waals surface area contributed by atoms with Crippen molar-refractivity contribution in [1.82, 2.24) is 15.3 Å². The maximum atomic E-state index is 13.1. The van der Waals surface area contributed by atoms with Crippen LogP contribution in [0.15, 0.2) is 61.1 Å². The van der Waals surface area contributed by atoms with E-state index in [9.17, 15) is 14.0 Å². The Balaban J connectivity index is 1.50. The summed E-state index contributed by atoms with van der Waals surface area (Å²) < 4.78 is 18.8. The molecule has 0 unspecified atom stereocenters. The van der Waals surface area contributed by atoms with Gasteiger partial charge in [-0.25, -0.2) is 9.37 Å². The zero-order chi connectivity index (χ0) is 21.3. The van der Waals surface area contributed by atoms with Crippen LogP contribution < -0.4 is 15.4 Å². The molecule has 0 saturated carbocycles. The number of carbonyl (C=O) groups is 2. The van der Waals surface area contributed by atoms with Crippen LogP contribution in [0.1, 0.15) is 22.3 Å². The quantitative estimate of drug-likeness (QED) is 0.571. The number of benzene rings is 1. The third kappa shape index (κ3) is 5.99. The molecule has 0 aliphatic carbocycles. The molecule has 2 N–H and O–H groups in total. The fraction of sp³-hybridized carbons (Fsp3) is 0.143. The van der Waals surface area contributed by atoms with Gasteiger partial charge in [-0.15, -0.1) is 0 Å². The first-order chi connectivity index (χ1) is 14.5. The van der Waals surface area contributed by atoms with Crippen molar-refractivity contribution in [3.8, 4) is 5.75 Å². The largest absolute Gasteiger partial charge is 0.485 e. The minimum atomic E-state index is -0.534. The molecule has 3 rings (SSSR count). The van der Waals surface area contributed by atoms with Crippen molar-refractivity contribution < 1.29 is 18.7 Å². The maximum absolute atomic E-state index is 13.1. The Morgan fingerprint density at radius 1 is 1.10 bits per heavy atom. The first-order valence-corrected chi connectivity index (χ1v) is 9.40. The van der Waals surface area contributed by atoms with E-state index in [-0.39, 0.29) is 35.3 Å². The lowest BCUT2D eigenvalue weighted by atomic mass is 10.2. The lowest BCUT2D eigenvalue weighted by Gasteiger charge is -2.12. The molecule has 3 aromatic rings. The summed E-state index contributed by atoms with van der Waals surface area (Å²) in [5.74, 6) is -0.678. The molecule has 2 aromatic heterocycles. The Bertz CT molecular complexity index is 1030. The lowest BCUT2D eigenvalue weighted by Crippen LogP contribution is -2.28. The molecule has 0 bridgehead atoms. The number of pyridine rings is 2. The van der Waals surface area contributed by atoms with E-state index in [1.807, 2.05) is 12.1 Å². The van der Waals surface area contributed by atoms with Crippen LogP contribution >= 0.6 is 11.6 Å². The molecule has 0 atom stereocenters. The van der Waals surface area contributed by atoms with Crippen LogP contribution in [0, 0.1) is 5.82 Å². The maximum Gasteiger partial charge on any atom is 0.252 e. The fourth-order valence-electron chi connectivity index (χ4n) is 2.49. The van der Waals surface area contributed by atoms with Gasteiger partial charge in [-0.2, -0.15) is 0 Å². The molecule has 0 saturated heterocycles. The van der Waals surface area contributed by atoms with E-state index in [1.165, 1.54) is 12.3 Å². The van der Waals surface area contributed by atoms with Gasteiger partial charge in [0, 0.05) is 31.6 Å². The topological polar surface area (TPSA) is 93.2 Å². The zero-order valence-corrected chi connectivity index (χ0v) is 16.5. The molecule has 30 heavy (non-hydrogen) atoms. The van der Waals surface area contributed by atoms with E-state index >= 15 is 0 Å². The third-order valence-corrected chi connectivity index (χ3v) is 4.30. The van der Waals surface area contributed by atoms with Gasteiger partial charge in [-0.1, -0.05) is 11.6 Å². The van der Waals surface area contributed by atoms with Crippen LogP contribution in [0.3, 0.4) is 0 Å². The van der Waals surface area contributed by atoms with Gasteiger partial charge >= 0.3 is 0 Å². The molecule has 0 aliphatic rings. The van der Waals surface area contributed by atoms with Crippen molar-refractivity contribution in [2.24, 2.45) is 0 Å². The molecular weight excluding hydrogens is 411 g/mol. The van der Waals surface area contributed by atoms with Crippen LogP contribution in [-0.4, -0.2) is 28.3 Å². The molecule has 7 nitrogen and oxygen atoms in total. The Kier molecular flexibility index (Phi) is 7.29. The number of nitrogens with one attached hydrogen (secondary N) is 2. The van der Waals surface area contributed by atoms with Gasteiger partial charge in [0.25, 0.3) is 5.91 Å². The van der Waals surface area contributed by atoms with E-state index in [1.54, 1.807) is 24.5 Å². The summed E-state index contributed by atoms with van der Waals surface area (Å²) >= 11 is 5.86. The summed E-state index contributed by atoms with van der Waals surface area (Å²) in [6, 6.07) is 10.5. The SMILES string of the molecule is O=C(CCNC(=O)c1ccc(F)cc1Cl)Nc1ncccc1OCc1ccncc1. The van der Waals surface area contributed by atoms with Crippen LogP contribution in [0.25, 0.3) is 0 Å². The molecule has 0 fully saturated rings. The Hall–Kier alpha value is -3.52. The minimum Gasteiger partial charge on any atom is -0.485 e. The average Bonchev–Trinajstić information content (AvgIpc) is 2.73. The van der Waals surface area contributed by atoms with E-state index in [2.05, 4.69) is 20.6 Å². The second kappa shape index (κ2) is 10.3. The van der Waals surface area contributed by atoms with E-state index in [0.29, 0.717) is 12.4 Å². The van der Waals surface area contributed by atoms with Crippen molar-refractivity contribution >= 4 is 29.2 Å². The Labute approximate surface area is 177 Å². The summed E-state index contributed by atoms with van der Waals surface area (Å²) in [5, 5.41) is 5.24. The predicted octanol–water partition coefficient (Wildman–Crippen LogP) is 3.61. The fourth-order valence-corrected chi connectivity index (χ4v) is 2.75. The van der Waals surface area contributed by atoms with E-state index < -0.39 is 11.7 Å². The summed E-state index contributed by atoms with van der Waals surface area (Å²) in [7, 11) is 0. The highest BCUT2D eigenvalue weighted by atomic mass is 35.5. The van der Waals surface area contributed by atoms with Crippen LogP contribution in [0.2, 0.25) is 5.02 Å². The highest BCUT2D eigenvalue weighted by Gasteiger charge is 2.13. The van der Waals surface area contributed by atoms with Gasteiger partial charge in [0.05, 0.1) is 10.6 Å². The van der Waals surface area contributed by atoms with Gasteiger partial charge < -0.3 is 15.4 Å². The highest BCUT2D eigenvalue weighted by molar-refractivity contribution is 6.33. The summed E-state index contributed by atoms with van der Waals surface area (Å²) in [5.41, 5.74) is 1.06. The monoisotopic (exact) mass is 428 g/mol. The molecule has 0 radical (unpaired) electrons. The number of aromatic nitrogens is 2. The van der Waals surface area contributed by atoms with Gasteiger partial charge in [0.1, 0.15) is 12.4 Å². The van der Waals surface area contributed by atoms with Gasteiger partial charge in [0.2, 0.25) is 5.91 Å². The first kappa shape index (κ1) is 21.2. The molecule has 2 heterocycles. The molecule has 0 spiro atoms. The van der Waals surface area contributed by atoms with Crippen LogP contribution in [-0.2, 0) is 11.4 Å². The normalized spacial score (nSPS) is 10.3. The smallest absolute Gasteiger partial charge is 0.252 e. The Morgan fingerprint density at radius 2 is 1.90 bits per heavy atom. The van der Waals surface area contributed by atoms with Crippen molar-refractivity contribution in [1.29, 1.82) is 0 Å². The number of rotatable bonds is 8. The number of nitrogens with zero attached hydrogens (tertiary/aromatic N) is 2. The molecule has 0 aliphatic heterocycles. The summed E-state index contributed by atoms with van der Waals surface area (Å²) in [4.78, 5) is 32.4. The predicted molar refractivity (Wildman–Crippen MR) is 110 cm³/mol. The average molecular weight is 429 g/mol. The summed E-state index contributed by atoms with van der Waals surface area (Å²) in [6.07, 6.45) is 4.87. The van der Waals surface area contributed by atoms with Crippen molar-refractivity contribution in [2.75, 3.05) is 11.9 Å². The molecule has 9 heteroatoms. The number of hydrogen-bond donors (Lipinski definition) is 2. The molecule has 2 amide bonds. The van der Waals surface area contributed by atoms with Crippen molar-refractivity contribution in [3.05, 3.63) is 83.0 Å². The first-order valence-electron chi connectivity index (χ1n) is 9.03. The van der Waals surface area contributed by atoms with Gasteiger partial charge in [-0.3, -0.25) is 14.6 Å². The van der Waals surface area contributed by atoms with E-state index in [4.69, 9.17) is 16.3 Å².